The topological polar surface area (TPSA) is 83.7 Å². The number of benzene rings is 1. The van der Waals surface area contributed by atoms with Crippen molar-refractivity contribution < 1.29 is 13.9 Å². The van der Waals surface area contributed by atoms with Crippen molar-refractivity contribution in [3.8, 4) is 5.75 Å². The van der Waals surface area contributed by atoms with Crippen molar-refractivity contribution in [2.75, 3.05) is 27.2 Å². The van der Waals surface area contributed by atoms with Gasteiger partial charge >= 0.3 is 0 Å². The fraction of sp³-hybridized carbons (Fsp3) is 0.483. The quantitative estimate of drug-likeness (QED) is 0.380. The monoisotopic (exact) mass is 537 g/mol. The van der Waals surface area contributed by atoms with Crippen molar-refractivity contribution in [1.82, 2.24) is 25.1 Å². The van der Waals surface area contributed by atoms with Crippen LogP contribution in [0.4, 0.5) is 0 Å². The summed E-state index contributed by atoms with van der Waals surface area (Å²) in [6, 6.07) is 8.66. The Morgan fingerprint density at radius 3 is 2.53 bits per heavy atom. The van der Waals surface area contributed by atoms with E-state index in [0.717, 1.165) is 52.7 Å². The number of ether oxygens (including phenoxy) is 1. The second-order valence-electron chi connectivity index (χ2n) is 10.2. The number of hydrogen-bond donors (Lipinski definition) is 2. The summed E-state index contributed by atoms with van der Waals surface area (Å²) in [5.41, 5.74) is 4.76. The van der Waals surface area contributed by atoms with E-state index in [2.05, 4.69) is 44.9 Å². The summed E-state index contributed by atoms with van der Waals surface area (Å²) >= 11 is 4.34. The molecule has 3 heterocycles. The molecule has 0 atom stereocenters. The number of pyridine rings is 1. The lowest BCUT2D eigenvalue weighted by Gasteiger charge is -2.17. The molecule has 1 saturated carbocycles. The number of nitrogens with zero attached hydrogens (tertiary/aromatic N) is 4. The molecule has 0 radical (unpaired) electrons. The van der Waals surface area contributed by atoms with Crippen molar-refractivity contribution in [2.24, 2.45) is 0 Å². The van der Waals surface area contributed by atoms with Crippen molar-refractivity contribution >= 4 is 18.5 Å². The van der Waals surface area contributed by atoms with E-state index < -0.39 is 0 Å². The van der Waals surface area contributed by atoms with Crippen LogP contribution in [0.3, 0.4) is 0 Å². The molecular formula is C29H39N5O3S. The number of thiol groups is 1. The number of rotatable bonds is 9. The second kappa shape index (κ2) is 13.3. The van der Waals surface area contributed by atoms with Gasteiger partial charge in [0.1, 0.15) is 12.0 Å². The zero-order chi connectivity index (χ0) is 27.1. The summed E-state index contributed by atoms with van der Waals surface area (Å²) in [5, 5.41) is 3.33. The molecule has 1 amide bonds. The number of methoxy groups -OCH3 is 1. The number of aromatic nitrogens is 2. The van der Waals surface area contributed by atoms with Crippen LogP contribution in [-0.2, 0) is 19.6 Å². The maximum absolute atomic E-state index is 12.6. The zero-order valence-electron chi connectivity index (χ0n) is 22.9. The standard InChI is InChI=1S/C20H27N5O2.C9H12OS/c1-24(20(26)18-14-27-19(23-18)11-22-16-6-7-16)12-15-4-5-17(21-10-15)13-25-8-2-3-9-25;1-6-4-8(10-3)5-7(2)9(6)11/h4-5,10,14,16,22H,2-3,6-9,11-13H2,1H3;4-5,11H,1-3H3. The first-order valence-corrected chi connectivity index (χ1v) is 13.7. The average molecular weight is 538 g/mol. The minimum Gasteiger partial charge on any atom is -0.497 e. The maximum Gasteiger partial charge on any atom is 0.275 e. The van der Waals surface area contributed by atoms with Crippen molar-refractivity contribution in [3.63, 3.8) is 0 Å². The van der Waals surface area contributed by atoms with Crippen LogP contribution in [0.5, 0.6) is 5.75 Å². The van der Waals surface area contributed by atoms with Gasteiger partial charge in [0.15, 0.2) is 5.69 Å². The number of carbonyl (C=O) groups is 1. The van der Waals surface area contributed by atoms with Crippen molar-refractivity contribution in [3.05, 3.63) is 70.7 Å². The van der Waals surface area contributed by atoms with E-state index in [1.54, 1.807) is 19.1 Å². The fourth-order valence-corrected chi connectivity index (χ4v) is 4.53. The lowest BCUT2D eigenvalue weighted by molar-refractivity contribution is 0.0779. The van der Waals surface area contributed by atoms with E-state index in [9.17, 15) is 4.79 Å². The molecule has 0 spiro atoms. The highest BCUT2D eigenvalue weighted by Gasteiger charge is 2.22. The molecule has 38 heavy (non-hydrogen) atoms. The van der Waals surface area contributed by atoms with E-state index in [0.29, 0.717) is 30.7 Å². The number of hydrogen-bond acceptors (Lipinski definition) is 8. The molecular weight excluding hydrogens is 498 g/mol. The van der Waals surface area contributed by atoms with Crippen LogP contribution in [0.2, 0.25) is 0 Å². The molecule has 1 aromatic carbocycles. The van der Waals surface area contributed by atoms with Gasteiger partial charge in [0.25, 0.3) is 5.91 Å². The summed E-state index contributed by atoms with van der Waals surface area (Å²) in [7, 11) is 3.45. The minimum atomic E-state index is -0.141. The van der Waals surface area contributed by atoms with E-state index in [1.807, 2.05) is 32.2 Å². The molecule has 0 unspecified atom stereocenters. The Morgan fingerprint density at radius 1 is 1.21 bits per heavy atom. The van der Waals surface area contributed by atoms with Crippen molar-refractivity contribution in [1.29, 1.82) is 0 Å². The molecule has 1 saturated heterocycles. The van der Waals surface area contributed by atoms with Gasteiger partial charge in [0.05, 0.1) is 19.3 Å². The van der Waals surface area contributed by atoms with Crippen LogP contribution in [0.15, 0.2) is 46.0 Å². The van der Waals surface area contributed by atoms with E-state index >= 15 is 0 Å². The number of oxazole rings is 1. The van der Waals surface area contributed by atoms with E-state index in [-0.39, 0.29) is 5.91 Å². The molecule has 2 aromatic heterocycles. The van der Waals surface area contributed by atoms with Crippen molar-refractivity contribution in [2.45, 2.75) is 70.1 Å². The molecule has 3 aromatic rings. The molecule has 204 valence electrons. The van der Waals surface area contributed by atoms with Gasteiger partial charge in [-0.05, 0) is 87.5 Å². The molecule has 9 heteroatoms. The highest BCUT2D eigenvalue weighted by Crippen LogP contribution is 2.24. The Balaban J connectivity index is 0.000000257. The average Bonchev–Trinajstić information content (AvgIpc) is 3.38. The Labute approximate surface area is 231 Å². The molecule has 8 nitrogen and oxygen atoms in total. The number of aryl methyl sites for hydroxylation is 2. The second-order valence-corrected chi connectivity index (χ2v) is 10.6. The molecule has 1 aliphatic heterocycles. The Bertz CT molecular complexity index is 1180. The van der Waals surface area contributed by atoms with Crippen LogP contribution in [0, 0.1) is 13.8 Å². The summed E-state index contributed by atoms with van der Waals surface area (Å²) in [5.74, 6) is 1.32. The van der Waals surface area contributed by atoms with Gasteiger partial charge in [-0.2, -0.15) is 0 Å². The maximum atomic E-state index is 12.6. The molecule has 0 bridgehead atoms. The first-order chi connectivity index (χ1) is 18.3. The van der Waals surface area contributed by atoms with Crippen LogP contribution in [0.1, 0.15) is 64.4 Å². The number of nitrogens with one attached hydrogen (secondary N) is 1. The van der Waals surface area contributed by atoms with Gasteiger partial charge in [0, 0.05) is 37.3 Å². The lowest BCUT2D eigenvalue weighted by atomic mass is 10.1. The third-order valence-electron chi connectivity index (χ3n) is 6.83. The molecule has 5 rings (SSSR count). The summed E-state index contributed by atoms with van der Waals surface area (Å²) in [6.45, 7) is 8.36. The number of carbonyl (C=O) groups excluding carboxylic acids is 1. The van der Waals surface area contributed by atoms with Gasteiger partial charge in [-0.1, -0.05) is 6.07 Å². The lowest BCUT2D eigenvalue weighted by Crippen LogP contribution is -2.26. The molecule has 1 aliphatic carbocycles. The highest BCUT2D eigenvalue weighted by atomic mass is 32.1. The SMILES string of the molecule is CN(Cc1ccc(CN2CCCC2)nc1)C(=O)c1coc(CNC2CC2)n1.COc1cc(C)c(S)c(C)c1. The van der Waals surface area contributed by atoms with Gasteiger partial charge in [-0.15, -0.1) is 12.6 Å². The largest absolute Gasteiger partial charge is 0.497 e. The fourth-order valence-electron chi connectivity index (χ4n) is 4.40. The van der Waals surface area contributed by atoms with Gasteiger partial charge in [-0.3, -0.25) is 14.7 Å². The Hall–Kier alpha value is -2.88. The van der Waals surface area contributed by atoms with E-state index in [1.165, 1.54) is 31.9 Å². The third kappa shape index (κ3) is 8.06. The summed E-state index contributed by atoms with van der Waals surface area (Å²) in [4.78, 5) is 26.5. The molecule has 2 fully saturated rings. The van der Waals surface area contributed by atoms with Crippen LogP contribution >= 0.6 is 12.6 Å². The molecule has 2 aliphatic rings. The first kappa shape index (κ1) is 28.1. The van der Waals surface area contributed by atoms with Gasteiger partial charge < -0.3 is 19.4 Å². The normalized spacial score (nSPS) is 15.2. The Kier molecular flexibility index (Phi) is 9.82. The summed E-state index contributed by atoms with van der Waals surface area (Å²) in [6.07, 6.45) is 8.29. The molecule has 1 N–H and O–H groups in total. The predicted octanol–water partition coefficient (Wildman–Crippen LogP) is 4.79. The predicted molar refractivity (Wildman–Crippen MR) is 151 cm³/mol. The van der Waals surface area contributed by atoms with Crippen LogP contribution in [0.25, 0.3) is 0 Å². The van der Waals surface area contributed by atoms with Gasteiger partial charge in [-0.25, -0.2) is 4.98 Å². The highest BCUT2D eigenvalue weighted by molar-refractivity contribution is 7.80. The number of likely N-dealkylation sites (tertiary alicyclic amines) is 1. The van der Waals surface area contributed by atoms with Crippen LogP contribution < -0.4 is 10.1 Å². The van der Waals surface area contributed by atoms with Gasteiger partial charge in [0.2, 0.25) is 5.89 Å². The Morgan fingerprint density at radius 2 is 1.92 bits per heavy atom. The smallest absolute Gasteiger partial charge is 0.275 e. The first-order valence-electron chi connectivity index (χ1n) is 13.3. The van der Waals surface area contributed by atoms with Crippen LogP contribution in [-0.4, -0.2) is 59.0 Å². The number of amides is 1. The minimum absolute atomic E-state index is 0.141. The zero-order valence-corrected chi connectivity index (χ0v) is 23.8. The van der Waals surface area contributed by atoms with E-state index in [4.69, 9.17) is 9.15 Å². The summed E-state index contributed by atoms with van der Waals surface area (Å²) < 4.78 is 10.5. The third-order valence-corrected chi connectivity index (χ3v) is 7.53.